The molecule has 0 bridgehead atoms. The Hall–Kier alpha value is -4.91. The highest BCUT2D eigenvalue weighted by Gasteiger charge is 2.24. The lowest BCUT2D eigenvalue weighted by molar-refractivity contribution is -0.133. The molecule has 0 aliphatic rings. The Morgan fingerprint density at radius 3 is 1.60 bits per heavy atom. The standard InChI is InChI=1S/C22H18O2.C11H9F3O2/c23-22(24)20(16-17-10-4-1-5-11-17)21(18-12-6-2-7-13-18)19-14-8-3-9-15-19;12-10(11(13)14)8-4-2-1-3-7(8)5-6-9(15)16/h1-16,21H,(H,23,24);1-6,10-11H,(H,15,16)/b20-16+;6-5+. The van der Waals surface area contributed by atoms with E-state index in [9.17, 15) is 27.9 Å². The van der Waals surface area contributed by atoms with Crippen LogP contribution in [0.5, 0.6) is 0 Å². The van der Waals surface area contributed by atoms with Crippen molar-refractivity contribution >= 4 is 24.1 Å². The first-order chi connectivity index (χ1) is 19.3. The van der Waals surface area contributed by atoms with Gasteiger partial charge in [0, 0.05) is 17.6 Å². The van der Waals surface area contributed by atoms with Crippen LogP contribution in [0, 0.1) is 0 Å². The van der Waals surface area contributed by atoms with Crippen molar-refractivity contribution in [3.63, 3.8) is 0 Å². The summed E-state index contributed by atoms with van der Waals surface area (Å²) in [6, 6.07) is 34.6. The van der Waals surface area contributed by atoms with E-state index in [-0.39, 0.29) is 17.0 Å². The molecule has 0 radical (unpaired) electrons. The van der Waals surface area contributed by atoms with E-state index in [1.807, 2.05) is 91.0 Å². The van der Waals surface area contributed by atoms with Crippen molar-refractivity contribution in [1.29, 1.82) is 0 Å². The lowest BCUT2D eigenvalue weighted by Crippen LogP contribution is -2.12. The monoisotopic (exact) mass is 544 g/mol. The molecule has 40 heavy (non-hydrogen) atoms. The van der Waals surface area contributed by atoms with E-state index < -0.39 is 24.5 Å². The van der Waals surface area contributed by atoms with E-state index in [1.54, 1.807) is 6.08 Å². The van der Waals surface area contributed by atoms with Crippen molar-refractivity contribution < 1.29 is 33.0 Å². The van der Waals surface area contributed by atoms with Crippen LogP contribution >= 0.6 is 0 Å². The van der Waals surface area contributed by atoms with Gasteiger partial charge in [0.25, 0.3) is 6.43 Å². The third-order valence-electron chi connectivity index (χ3n) is 5.87. The summed E-state index contributed by atoms with van der Waals surface area (Å²) in [5.74, 6) is -2.44. The summed E-state index contributed by atoms with van der Waals surface area (Å²) < 4.78 is 37.5. The Bertz CT molecular complexity index is 1400. The molecule has 1 atom stereocenters. The van der Waals surface area contributed by atoms with Crippen LogP contribution in [-0.4, -0.2) is 28.6 Å². The number of aliphatic carboxylic acids is 2. The Balaban J connectivity index is 0.000000241. The second kappa shape index (κ2) is 14.9. The summed E-state index contributed by atoms with van der Waals surface area (Å²) in [6.07, 6.45) is -1.91. The van der Waals surface area contributed by atoms with Crippen molar-refractivity contribution in [3.05, 3.63) is 155 Å². The summed E-state index contributed by atoms with van der Waals surface area (Å²) in [4.78, 5) is 22.3. The molecule has 1 unspecified atom stereocenters. The Kier molecular flexibility index (Phi) is 11.0. The topological polar surface area (TPSA) is 74.6 Å². The predicted octanol–water partition coefficient (Wildman–Crippen LogP) is 8.05. The average Bonchev–Trinajstić information content (AvgIpc) is 2.97. The number of hydrogen-bond donors (Lipinski definition) is 2. The molecule has 0 aliphatic heterocycles. The summed E-state index contributed by atoms with van der Waals surface area (Å²) in [6.45, 7) is 0. The lowest BCUT2D eigenvalue weighted by Gasteiger charge is -2.19. The number of alkyl halides is 3. The minimum Gasteiger partial charge on any atom is -0.478 e. The number of carboxylic acids is 2. The van der Waals surface area contributed by atoms with Gasteiger partial charge in [-0.05, 0) is 40.0 Å². The second-order valence-corrected chi connectivity index (χ2v) is 8.61. The maximum absolute atomic E-state index is 13.1. The van der Waals surface area contributed by atoms with Crippen LogP contribution in [0.2, 0.25) is 0 Å². The third kappa shape index (κ3) is 8.56. The lowest BCUT2D eigenvalue weighted by atomic mass is 9.84. The smallest absolute Gasteiger partial charge is 0.332 e. The number of hydrogen-bond acceptors (Lipinski definition) is 2. The van der Waals surface area contributed by atoms with Crippen molar-refractivity contribution in [2.75, 3.05) is 0 Å². The van der Waals surface area contributed by atoms with Crippen LogP contribution in [0.3, 0.4) is 0 Å². The van der Waals surface area contributed by atoms with E-state index in [4.69, 9.17) is 5.11 Å². The van der Waals surface area contributed by atoms with Crippen LogP contribution in [0.1, 0.15) is 39.9 Å². The van der Waals surface area contributed by atoms with Crippen LogP contribution in [0.15, 0.2) is 127 Å². The zero-order chi connectivity index (χ0) is 28.9. The highest BCUT2D eigenvalue weighted by atomic mass is 19.3. The first kappa shape index (κ1) is 29.6. The molecule has 7 heteroatoms. The quantitative estimate of drug-likeness (QED) is 0.209. The predicted molar refractivity (Wildman–Crippen MR) is 150 cm³/mol. The molecule has 0 heterocycles. The molecule has 204 valence electrons. The molecule has 2 N–H and O–H groups in total. The maximum atomic E-state index is 13.1. The molecule has 0 amide bonds. The van der Waals surface area contributed by atoms with Gasteiger partial charge >= 0.3 is 11.9 Å². The Morgan fingerprint density at radius 2 is 1.12 bits per heavy atom. The van der Waals surface area contributed by atoms with Gasteiger partial charge in [-0.3, -0.25) is 0 Å². The van der Waals surface area contributed by atoms with Crippen molar-refractivity contribution in [2.45, 2.75) is 18.5 Å². The molecule has 4 aromatic carbocycles. The van der Waals surface area contributed by atoms with Crippen molar-refractivity contribution in [3.8, 4) is 0 Å². The fraction of sp³-hybridized carbons (Fsp3) is 0.0909. The summed E-state index contributed by atoms with van der Waals surface area (Å²) in [5, 5.41) is 18.2. The summed E-state index contributed by atoms with van der Waals surface area (Å²) in [7, 11) is 0. The van der Waals surface area contributed by atoms with Crippen molar-refractivity contribution in [2.24, 2.45) is 0 Å². The molecule has 0 saturated heterocycles. The van der Waals surface area contributed by atoms with Crippen LogP contribution < -0.4 is 0 Å². The first-order valence-corrected chi connectivity index (χ1v) is 12.3. The van der Waals surface area contributed by atoms with E-state index >= 15 is 0 Å². The highest BCUT2D eigenvalue weighted by Crippen LogP contribution is 2.33. The van der Waals surface area contributed by atoms with Gasteiger partial charge in [0.2, 0.25) is 0 Å². The zero-order valence-electron chi connectivity index (χ0n) is 21.3. The van der Waals surface area contributed by atoms with Gasteiger partial charge in [-0.25, -0.2) is 22.8 Å². The average molecular weight is 545 g/mol. The minimum absolute atomic E-state index is 0.137. The van der Waals surface area contributed by atoms with E-state index in [0.29, 0.717) is 5.57 Å². The van der Waals surface area contributed by atoms with Crippen LogP contribution in [-0.2, 0) is 9.59 Å². The zero-order valence-corrected chi connectivity index (χ0v) is 21.3. The van der Waals surface area contributed by atoms with E-state index in [2.05, 4.69) is 0 Å². The van der Waals surface area contributed by atoms with Crippen LogP contribution in [0.25, 0.3) is 12.2 Å². The molecule has 0 aromatic heterocycles. The maximum Gasteiger partial charge on any atom is 0.332 e. The third-order valence-corrected chi connectivity index (χ3v) is 5.87. The fourth-order valence-electron chi connectivity index (χ4n) is 4.05. The van der Waals surface area contributed by atoms with Gasteiger partial charge < -0.3 is 10.2 Å². The SMILES string of the molecule is O=C(O)/C(=C/c1ccccc1)C(c1ccccc1)c1ccccc1.O=C(O)/C=C/c1ccccc1C(F)C(F)F. The number of benzene rings is 4. The molecule has 0 saturated carbocycles. The van der Waals surface area contributed by atoms with Crippen molar-refractivity contribution in [1.82, 2.24) is 0 Å². The highest BCUT2D eigenvalue weighted by molar-refractivity contribution is 5.95. The number of carbonyl (C=O) groups is 2. The largest absolute Gasteiger partial charge is 0.478 e. The fourth-order valence-corrected chi connectivity index (χ4v) is 4.05. The molecule has 4 nitrogen and oxygen atoms in total. The van der Waals surface area contributed by atoms with Gasteiger partial charge in [-0.1, -0.05) is 115 Å². The van der Waals surface area contributed by atoms with Gasteiger partial charge in [0.15, 0.2) is 6.17 Å². The molecule has 4 aromatic rings. The Labute approximate surface area is 230 Å². The van der Waals surface area contributed by atoms with Crippen LogP contribution in [0.4, 0.5) is 13.2 Å². The molecule has 0 aliphatic carbocycles. The van der Waals surface area contributed by atoms with E-state index in [1.165, 1.54) is 24.3 Å². The normalized spacial score (nSPS) is 12.2. The molecule has 0 spiro atoms. The summed E-state index contributed by atoms with van der Waals surface area (Å²) in [5.41, 5.74) is 3.10. The summed E-state index contributed by atoms with van der Waals surface area (Å²) >= 11 is 0. The number of rotatable bonds is 9. The second-order valence-electron chi connectivity index (χ2n) is 8.61. The van der Waals surface area contributed by atoms with E-state index in [0.717, 1.165) is 28.8 Å². The molecular formula is C33H27F3O4. The number of carboxylic acid groups (broad SMARTS) is 2. The molecular weight excluding hydrogens is 517 g/mol. The molecule has 4 rings (SSSR count). The van der Waals surface area contributed by atoms with Gasteiger partial charge in [0.1, 0.15) is 0 Å². The minimum atomic E-state index is -3.13. The first-order valence-electron chi connectivity index (χ1n) is 12.3. The number of halogens is 3. The van der Waals surface area contributed by atoms with Gasteiger partial charge in [0.05, 0.1) is 0 Å². The molecule has 0 fully saturated rings. The Morgan fingerprint density at radius 1 is 0.650 bits per heavy atom. The van der Waals surface area contributed by atoms with Gasteiger partial charge in [-0.2, -0.15) is 0 Å². The van der Waals surface area contributed by atoms with Gasteiger partial charge in [-0.15, -0.1) is 0 Å².